The van der Waals surface area contributed by atoms with Crippen LogP contribution in [0.25, 0.3) is 10.8 Å². The van der Waals surface area contributed by atoms with E-state index in [1.165, 1.54) is 0 Å². The molecule has 122 valence electrons. The van der Waals surface area contributed by atoms with Crippen molar-refractivity contribution in [1.82, 2.24) is 4.98 Å². The van der Waals surface area contributed by atoms with Crippen molar-refractivity contribution in [3.8, 4) is 0 Å². The van der Waals surface area contributed by atoms with Gasteiger partial charge in [0.1, 0.15) is 0 Å². The number of hydrogen-bond donors (Lipinski definition) is 1. The van der Waals surface area contributed by atoms with Crippen LogP contribution in [0.1, 0.15) is 5.56 Å². The number of nitrogens with one attached hydrogen (secondary N) is 1. The summed E-state index contributed by atoms with van der Waals surface area (Å²) in [6, 6.07) is 13.4. The number of carbonyl (C=O) groups is 1. The molecule has 0 aliphatic carbocycles. The summed E-state index contributed by atoms with van der Waals surface area (Å²) in [4.78, 5) is 18.6. The SMILES string of the molecule is CN(C)c1ccc2c(NC(=O)Cc3cccc(Cl)c3)cncc2c1. The van der Waals surface area contributed by atoms with Gasteiger partial charge in [0.05, 0.1) is 18.3 Å². The van der Waals surface area contributed by atoms with Gasteiger partial charge in [-0.25, -0.2) is 0 Å². The third-order valence-electron chi connectivity index (χ3n) is 3.79. The largest absolute Gasteiger partial charge is 0.378 e. The molecule has 0 fully saturated rings. The molecule has 0 atom stereocenters. The minimum absolute atomic E-state index is 0.0942. The van der Waals surface area contributed by atoms with Crippen molar-refractivity contribution in [2.24, 2.45) is 0 Å². The van der Waals surface area contributed by atoms with Gasteiger partial charge in [-0.3, -0.25) is 9.78 Å². The molecular formula is C19H18ClN3O. The Morgan fingerprint density at radius 1 is 1.17 bits per heavy atom. The van der Waals surface area contributed by atoms with Gasteiger partial charge in [-0.1, -0.05) is 29.8 Å². The molecule has 0 aliphatic heterocycles. The summed E-state index contributed by atoms with van der Waals surface area (Å²) in [6.45, 7) is 0. The molecule has 1 amide bonds. The van der Waals surface area contributed by atoms with Crippen LogP contribution in [-0.4, -0.2) is 25.0 Å². The molecule has 0 saturated heterocycles. The van der Waals surface area contributed by atoms with Gasteiger partial charge in [-0.2, -0.15) is 0 Å². The number of benzene rings is 2. The van der Waals surface area contributed by atoms with Gasteiger partial charge < -0.3 is 10.2 Å². The van der Waals surface area contributed by atoms with Gasteiger partial charge in [-0.05, 0) is 29.8 Å². The summed E-state index contributed by atoms with van der Waals surface area (Å²) in [7, 11) is 3.98. The Hall–Kier alpha value is -2.59. The molecular weight excluding hydrogens is 322 g/mol. The zero-order valence-electron chi connectivity index (χ0n) is 13.6. The molecule has 0 unspecified atom stereocenters. The van der Waals surface area contributed by atoms with Crippen molar-refractivity contribution >= 4 is 39.7 Å². The maximum absolute atomic E-state index is 12.3. The minimum atomic E-state index is -0.0942. The Kier molecular flexibility index (Phi) is 4.67. The summed E-state index contributed by atoms with van der Waals surface area (Å²) in [5.41, 5.74) is 2.68. The monoisotopic (exact) mass is 339 g/mol. The van der Waals surface area contributed by atoms with Gasteiger partial charge in [0.2, 0.25) is 5.91 Å². The number of anilines is 2. The Morgan fingerprint density at radius 2 is 2.00 bits per heavy atom. The number of pyridine rings is 1. The van der Waals surface area contributed by atoms with Crippen molar-refractivity contribution in [3.63, 3.8) is 0 Å². The van der Waals surface area contributed by atoms with Gasteiger partial charge in [-0.15, -0.1) is 0 Å². The number of fused-ring (bicyclic) bond motifs is 1. The normalized spacial score (nSPS) is 10.6. The number of aromatic nitrogens is 1. The molecule has 24 heavy (non-hydrogen) atoms. The molecule has 0 spiro atoms. The molecule has 2 aromatic carbocycles. The van der Waals surface area contributed by atoms with Crippen molar-refractivity contribution in [2.45, 2.75) is 6.42 Å². The maximum Gasteiger partial charge on any atom is 0.228 e. The van der Waals surface area contributed by atoms with E-state index in [-0.39, 0.29) is 12.3 Å². The number of carbonyl (C=O) groups excluding carboxylic acids is 1. The van der Waals surface area contributed by atoms with Gasteiger partial charge in [0, 0.05) is 41.8 Å². The first-order valence-electron chi connectivity index (χ1n) is 7.62. The van der Waals surface area contributed by atoms with E-state index in [1.54, 1.807) is 24.5 Å². The van der Waals surface area contributed by atoms with Crippen LogP contribution in [0.5, 0.6) is 0 Å². The smallest absolute Gasteiger partial charge is 0.228 e. The Bertz CT molecular complexity index is 893. The summed E-state index contributed by atoms with van der Waals surface area (Å²) in [5.74, 6) is -0.0942. The highest BCUT2D eigenvalue weighted by molar-refractivity contribution is 6.30. The fraction of sp³-hybridized carbons (Fsp3) is 0.158. The predicted octanol–water partition coefficient (Wildman–Crippen LogP) is 4.14. The molecule has 0 radical (unpaired) electrons. The van der Waals surface area contributed by atoms with Crippen molar-refractivity contribution < 1.29 is 4.79 Å². The average Bonchev–Trinajstić information content (AvgIpc) is 2.54. The van der Waals surface area contributed by atoms with Crippen LogP contribution in [0, 0.1) is 0 Å². The quantitative estimate of drug-likeness (QED) is 0.777. The summed E-state index contributed by atoms with van der Waals surface area (Å²) in [6.07, 6.45) is 3.75. The van der Waals surface area contributed by atoms with Gasteiger partial charge in [0.25, 0.3) is 0 Å². The first kappa shape index (κ1) is 16.3. The van der Waals surface area contributed by atoms with Crippen LogP contribution >= 0.6 is 11.6 Å². The van der Waals surface area contributed by atoms with E-state index in [0.717, 1.165) is 22.0 Å². The molecule has 0 aliphatic rings. The van der Waals surface area contributed by atoms with Crippen LogP contribution in [0.4, 0.5) is 11.4 Å². The number of rotatable bonds is 4. The number of halogens is 1. The van der Waals surface area contributed by atoms with E-state index >= 15 is 0 Å². The first-order valence-corrected chi connectivity index (χ1v) is 8.00. The van der Waals surface area contributed by atoms with Crippen molar-refractivity contribution in [3.05, 3.63) is 65.4 Å². The van der Waals surface area contributed by atoms with E-state index in [2.05, 4.69) is 16.4 Å². The standard InChI is InChI=1S/C19H18ClN3O/c1-23(2)16-6-7-17-14(10-16)11-21-12-18(17)22-19(24)9-13-4-3-5-15(20)8-13/h3-8,10-12H,9H2,1-2H3,(H,22,24). The summed E-state index contributed by atoms with van der Waals surface area (Å²) in [5, 5.41) is 5.53. The van der Waals surface area contributed by atoms with Crippen LogP contribution in [0.3, 0.4) is 0 Å². The summed E-state index contributed by atoms with van der Waals surface area (Å²) >= 11 is 5.96. The summed E-state index contributed by atoms with van der Waals surface area (Å²) < 4.78 is 0. The molecule has 0 bridgehead atoms. The molecule has 1 heterocycles. The lowest BCUT2D eigenvalue weighted by atomic mass is 10.1. The third-order valence-corrected chi connectivity index (χ3v) is 4.02. The average molecular weight is 340 g/mol. The zero-order chi connectivity index (χ0) is 17.1. The van der Waals surface area contributed by atoms with E-state index in [9.17, 15) is 4.79 Å². The molecule has 5 heteroatoms. The van der Waals surface area contributed by atoms with Crippen molar-refractivity contribution in [1.29, 1.82) is 0 Å². The molecule has 1 N–H and O–H groups in total. The Balaban J connectivity index is 1.83. The van der Waals surface area contributed by atoms with Gasteiger partial charge in [0.15, 0.2) is 0 Å². The first-order chi connectivity index (χ1) is 11.5. The van der Waals surface area contributed by atoms with E-state index < -0.39 is 0 Å². The maximum atomic E-state index is 12.3. The molecule has 0 saturated carbocycles. The lowest BCUT2D eigenvalue weighted by Gasteiger charge is -2.14. The van der Waals surface area contributed by atoms with Crippen LogP contribution in [-0.2, 0) is 11.2 Å². The highest BCUT2D eigenvalue weighted by atomic mass is 35.5. The second-order valence-corrected chi connectivity index (χ2v) is 6.28. The van der Waals surface area contributed by atoms with E-state index in [4.69, 9.17) is 11.6 Å². The second kappa shape index (κ2) is 6.89. The Labute approximate surface area is 146 Å². The number of nitrogens with zero attached hydrogens (tertiary/aromatic N) is 2. The van der Waals surface area contributed by atoms with Crippen molar-refractivity contribution in [2.75, 3.05) is 24.3 Å². The topological polar surface area (TPSA) is 45.2 Å². The minimum Gasteiger partial charge on any atom is -0.378 e. The zero-order valence-corrected chi connectivity index (χ0v) is 14.3. The third kappa shape index (κ3) is 3.66. The lowest BCUT2D eigenvalue weighted by Crippen LogP contribution is -2.15. The van der Waals surface area contributed by atoms with E-state index in [1.807, 2.05) is 43.3 Å². The van der Waals surface area contributed by atoms with Crippen LogP contribution < -0.4 is 10.2 Å². The molecule has 1 aromatic heterocycles. The molecule has 3 aromatic rings. The predicted molar refractivity (Wildman–Crippen MR) is 99.9 cm³/mol. The highest BCUT2D eigenvalue weighted by Crippen LogP contribution is 2.26. The highest BCUT2D eigenvalue weighted by Gasteiger charge is 2.09. The second-order valence-electron chi connectivity index (χ2n) is 5.84. The van der Waals surface area contributed by atoms with Crippen LogP contribution in [0.2, 0.25) is 5.02 Å². The lowest BCUT2D eigenvalue weighted by molar-refractivity contribution is -0.115. The fourth-order valence-corrected chi connectivity index (χ4v) is 2.78. The van der Waals surface area contributed by atoms with E-state index in [0.29, 0.717) is 10.7 Å². The van der Waals surface area contributed by atoms with Crippen LogP contribution in [0.15, 0.2) is 54.9 Å². The molecule has 4 nitrogen and oxygen atoms in total. The number of hydrogen-bond acceptors (Lipinski definition) is 3. The van der Waals surface area contributed by atoms with Gasteiger partial charge >= 0.3 is 0 Å². The molecule has 3 rings (SSSR count). The Morgan fingerprint density at radius 3 is 2.75 bits per heavy atom. The fourth-order valence-electron chi connectivity index (χ4n) is 2.57. The number of amides is 1.